The first kappa shape index (κ1) is 21.5. The molecular formula is C25H25FN4O2. The van der Waals surface area contributed by atoms with Crippen molar-refractivity contribution in [2.24, 2.45) is 7.05 Å². The minimum atomic E-state index is -0.326. The minimum absolute atomic E-state index is 0.0183. The van der Waals surface area contributed by atoms with Gasteiger partial charge in [-0.15, -0.1) is 0 Å². The summed E-state index contributed by atoms with van der Waals surface area (Å²) in [5.41, 5.74) is 3.37. The number of aryl methyl sites for hydroxylation is 2. The van der Waals surface area contributed by atoms with Gasteiger partial charge in [-0.2, -0.15) is 0 Å². The molecule has 2 aromatic carbocycles. The molecule has 1 atom stereocenters. The third-order valence-corrected chi connectivity index (χ3v) is 5.53. The molecule has 1 amide bonds. The van der Waals surface area contributed by atoms with Crippen LogP contribution in [0.3, 0.4) is 0 Å². The predicted molar refractivity (Wildman–Crippen MR) is 123 cm³/mol. The maximum Gasteiger partial charge on any atom is 0.278 e. The summed E-state index contributed by atoms with van der Waals surface area (Å²) in [7, 11) is 1.76. The Bertz CT molecular complexity index is 1290. The lowest BCUT2D eigenvalue weighted by Gasteiger charge is -2.14. The normalized spacial score (nSPS) is 12.1. The number of halogens is 1. The van der Waals surface area contributed by atoms with Crippen LogP contribution in [-0.4, -0.2) is 26.1 Å². The molecule has 1 N–H and O–H groups in total. The quantitative estimate of drug-likeness (QED) is 0.484. The average Bonchev–Trinajstić information content (AvgIpc) is 3.12. The highest BCUT2D eigenvalue weighted by Gasteiger charge is 2.16. The van der Waals surface area contributed by atoms with Gasteiger partial charge in [0.2, 0.25) is 5.91 Å². The lowest BCUT2D eigenvalue weighted by molar-refractivity contribution is -0.122. The number of carbonyl (C=O) groups excluding carboxylic acids is 1. The van der Waals surface area contributed by atoms with Gasteiger partial charge in [-0.1, -0.05) is 42.5 Å². The summed E-state index contributed by atoms with van der Waals surface area (Å²) in [4.78, 5) is 30.0. The fourth-order valence-electron chi connectivity index (χ4n) is 3.84. The van der Waals surface area contributed by atoms with Crippen LogP contribution in [0, 0.1) is 5.82 Å². The molecule has 0 saturated heterocycles. The van der Waals surface area contributed by atoms with Crippen LogP contribution in [0.25, 0.3) is 22.2 Å². The summed E-state index contributed by atoms with van der Waals surface area (Å²) >= 11 is 0. The van der Waals surface area contributed by atoms with E-state index in [9.17, 15) is 14.0 Å². The van der Waals surface area contributed by atoms with E-state index in [2.05, 4.69) is 22.4 Å². The highest BCUT2D eigenvalue weighted by atomic mass is 19.1. The second kappa shape index (κ2) is 9.18. The summed E-state index contributed by atoms with van der Waals surface area (Å²) in [5.74, 6) is -0.560. The fourth-order valence-corrected chi connectivity index (χ4v) is 3.84. The van der Waals surface area contributed by atoms with E-state index in [4.69, 9.17) is 0 Å². The summed E-state index contributed by atoms with van der Waals surface area (Å²) < 4.78 is 16.3. The average molecular weight is 432 g/mol. The molecule has 0 saturated carbocycles. The lowest BCUT2D eigenvalue weighted by atomic mass is 10.1. The van der Waals surface area contributed by atoms with Gasteiger partial charge in [-0.05, 0) is 43.0 Å². The number of fused-ring (bicyclic) bond motifs is 1. The van der Waals surface area contributed by atoms with Gasteiger partial charge >= 0.3 is 0 Å². The molecule has 7 heteroatoms. The summed E-state index contributed by atoms with van der Waals surface area (Å²) in [6, 6.07) is 16.1. The van der Waals surface area contributed by atoms with Crippen LogP contribution in [0.4, 0.5) is 4.39 Å². The van der Waals surface area contributed by atoms with Gasteiger partial charge in [0.15, 0.2) is 0 Å². The largest absolute Gasteiger partial charge is 0.352 e. The van der Waals surface area contributed by atoms with Gasteiger partial charge in [0.1, 0.15) is 23.4 Å². The molecule has 2 heterocycles. The van der Waals surface area contributed by atoms with Gasteiger partial charge in [-0.25, -0.2) is 9.37 Å². The molecule has 0 aliphatic rings. The molecule has 0 aliphatic heterocycles. The number of nitrogens with one attached hydrogen (secondary N) is 1. The molecule has 0 spiro atoms. The zero-order valence-corrected chi connectivity index (χ0v) is 18.1. The van der Waals surface area contributed by atoms with E-state index in [-0.39, 0.29) is 29.9 Å². The van der Waals surface area contributed by atoms with Crippen LogP contribution in [0.5, 0.6) is 0 Å². The first-order valence-corrected chi connectivity index (χ1v) is 10.6. The number of nitrogens with zero attached hydrogens (tertiary/aromatic N) is 3. The van der Waals surface area contributed by atoms with Crippen LogP contribution in [0.2, 0.25) is 0 Å². The number of rotatable bonds is 7. The van der Waals surface area contributed by atoms with E-state index < -0.39 is 0 Å². The standard InChI is InChI=1S/C25H25FN4O2/c1-17(8-9-18-6-4-3-5-7-18)28-22(31)15-30-16-27-23-21(14-29(2)24(23)25(30)32)19-10-12-20(26)13-11-19/h3-7,10-14,16-17H,8-9,15H2,1-2H3,(H,28,31)/t17-/m1/s1. The third-order valence-electron chi connectivity index (χ3n) is 5.53. The highest BCUT2D eigenvalue weighted by Crippen LogP contribution is 2.27. The Morgan fingerprint density at radius 2 is 1.84 bits per heavy atom. The van der Waals surface area contributed by atoms with Gasteiger partial charge in [0.05, 0.1) is 6.33 Å². The Kier molecular flexibility index (Phi) is 6.16. The Morgan fingerprint density at radius 1 is 1.12 bits per heavy atom. The number of aromatic nitrogens is 3. The molecule has 4 aromatic rings. The van der Waals surface area contributed by atoms with Crippen molar-refractivity contribution in [3.8, 4) is 11.1 Å². The van der Waals surface area contributed by atoms with Crippen molar-refractivity contribution in [1.29, 1.82) is 0 Å². The van der Waals surface area contributed by atoms with E-state index in [0.717, 1.165) is 24.0 Å². The van der Waals surface area contributed by atoms with Gasteiger partial charge in [0.25, 0.3) is 5.56 Å². The topological polar surface area (TPSA) is 68.9 Å². The maximum absolute atomic E-state index is 13.3. The van der Waals surface area contributed by atoms with Gasteiger partial charge in [0, 0.05) is 24.8 Å². The van der Waals surface area contributed by atoms with Crippen LogP contribution in [0.1, 0.15) is 18.9 Å². The lowest BCUT2D eigenvalue weighted by Crippen LogP contribution is -2.37. The molecular weight excluding hydrogens is 407 g/mol. The van der Waals surface area contributed by atoms with Crippen molar-refractivity contribution >= 4 is 16.9 Å². The monoisotopic (exact) mass is 432 g/mol. The van der Waals surface area contributed by atoms with E-state index >= 15 is 0 Å². The van der Waals surface area contributed by atoms with E-state index in [1.165, 1.54) is 28.6 Å². The van der Waals surface area contributed by atoms with E-state index in [1.807, 2.05) is 25.1 Å². The fraction of sp³-hybridized carbons (Fsp3) is 0.240. The Balaban J connectivity index is 1.48. The molecule has 0 fully saturated rings. The maximum atomic E-state index is 13.3. The Morgan fingerprint density at radius 3 is 2.56 bits per heavy atom. The second-order valence-corrected chi connectivity index (χ2v) is 8.03. The van der Waals surface area contributed by atoms with Crippen molar-refractivity contribution in [3.05, 3.63) is 88.9 Å². The molecule has 6 nitrogen and oxygen atoms in total. The molecule has 164 valence electrons. The van der Waals surface area contributed by atoms with Crippen LogP contribution >= 0.6 is 0 Å². The number of carbonyl (C=O) groups is 1. The van der Waals surface area contributed by atoms with Crippen LogP contribution < -0.4 is 10.9 Å². The highest BCUT2D eigenvalue weighted by molar-refractivity contribution is 5.92. The van der Waals surface area contributed by atoms with Crippen molar-refractivity contribution in [2.75, 3.05) is 0 Å². The molecule has 2 aromatic heterocycles. The Labute approximate surface area is 185 Å². The van der Waals surface area contributed by atoms with Crippen molar-refractivity contribution in [2.45, 2.75) is 32.4 Å². The van der Waals surface area contributed by atoms with Crippen LogP contribution in [-0.2, 0) is 24.8 Å². The molecule has 0 bridgehead atoms. The first-order chi connectivity index (χ1) is 15.4. The van der Waals surface area contributed by atoms with Crippen molar-refractivity contribution in [3.63, 3.8) is 0 Å². The number of amides is 1. The second-order valence-electron chi connectivity index (χ2n) is 8.03. The van der Waals surface area contributed by atoms with E-state index in [1.54, 1.807) is 29.9 Å². The molecule has 4 rings (SSSR count). The van der Waals surface area contributed by atoms with Gasteiger partial charge < -0.3 is 9.88 Å². The smallest absolute Gasteiger partial charge is 0.278 e. The summed E-state index contributed by atoms with van der Waals surface area (Å²) in [6.45, 7) is 1.85. The zero-order chi connectivity index (χ0) is 22.7. The van der Waals surface area contributed by atoms with Gasteiger partial charge in [-0.3, -0.25) is 14.2 Å². The molecule has 32 heavy (non-hydrogen) atoms. The molecule has 0 radical (unpaired) electrons. The third kappa shape index (κ3) is 4.61. The minimum Gasteiger partial charge on any atom is -0.352 e. The first-order valence-electron chi connectivity index (χ1n) is 10.6. The van der Waals surface area contributed by atoms with Crippen molar-refractivity contribution in [1.82, 2.24) is 19.4 Å². The Hall–Kier alpha value is -3.74. The number of benzene rings is 2. The molecule has 0 unspecified atom stereocenters. The SMILES string of the molecule is C[C@H](CCc1ccccc1)NC(=O)Cn1cnc2c(-c3ccc(F)cc3)cn(C)c2c1=O. The zero-order valence-electron chi connectivity index (χ0n) is 18.1. The van der Waals surface area contributed by atoms with E-state index in [0.29, 0.717) is 11.0 Å². The predicted octanol–water partition coefficient (Wildman–Crippen LogP) is 3.68. The summed E-state index contributed by atoms with van der Waals surface area (Å²) in [5, 5.41) is 2.96. The molecule has 0 aliphatic carbocycles. The summed E-state index contributed by atoms with van der Waals surface area (Å²) in [6.07, 6.45) is 4.86. The number of hydrogen-bond acceptors (Lipinski definition) is 3. The van der Waals surface area contributed by atoms with Crippen molar-refractivity contribution < 1.29 is 9.18 Å². The van der Waals surface area contributed by atoms with Crippen LogP contribution in [0.15, 0.2) is 71.9 Å². The number of hydrogen-bond donors (Lipinski definition) is 1.